The van der Waals surface area contributed by atoms with Crippen molar-refractivity contribution in [3.05, 3.63) is 118 Å². The minimum absolute atomic E-state index is 0.0815. The summed E-state index contributed by atoms with van der Waals surface area (Å²) in [5.41, 5.74) is 3.65. The first-order valence-corrected chi connectivity index (χ1v) is 13.3. The van der Waals surface area contributed by atoms with E-state index in [0.717, 1.165) is 11.1 Å². The number of carboxylic acids is 2. The molecular formula is C33H34N2O6. The molecule has 8 nitrogen and oxygen atoms in total. The molecule has 0 aliphatic rings. The van der Waals surface area contributed by atoms with Gasteiger partial charge in [-0.05, 0) is 42.2 Å². The summed E-state index contributed by atoms with van der Waals surface area (Å²) >= 11 is 0. The number of carboxylic acid groups (broad SMARTS) is 2. The molecule has 2 aromatic heterocycles. The van der Waals surface area contributed by atoms with Crippen LogP contribution < -0.4 is 0 Å². The lowest BCUT2D eigenvalue weighted by Gasteiger charge is -2.23. The van der Waals surface area contributed by atoms with E-state index in [-0.39, 0.29) is 39.8 Å². The van der Waals surface area contributed by atoms with Crippen molar-refractivity contribution in [2.75, 3.05) is 0 Å². The van der Waals surface area contributed by atoms with Crippen molar-refractivity contribution >= 4 is 23.5 Å². The average Bonchev–Trinajstić information content (AvgIpc) is 3.48. The maximum atomic E-state index is 13.4. The third kappa shape index (κ3) is 5.63. The van der Waals surface area contributed by atoms with Crippen molar-refractivity contribution in [2.24, 2.45) is 14.1 Å². The summed E-state index contributed by atoms with van der Waals surface area (Å²) in [4.78, 5) is 51.8. The fourth-order valence-electron chi connectivity index (χ4n) is 5.14. The van der Waals surface area contributed by atoms with Gasteiger partial charge < -0.3 is 19.3 Å². The number of aryl methyl sites for hydroxylation is 1. The Balaban J connectivity index is 1.72. The maximum Gasteiger partial charge on any atom is 0.313 e. The number of aliphatic carboxylic acids is 2. The van der Waals surface area contributed by atoms with Crippen LogP contribution in [0, 0.1) is 6.92 Å². The van der Waals surface area contributed by atoms with Crippen molar-refractivity contribution < 1.29 is 29.4 Å². The standard InChI is InChI=1S/C33H34N2O6/c1-19-7-9-20(10-8-19)29(36)25-17-15-23(34(25)5)27(31(38)39)28(32(40)41)24-16-18-26(35(24)6)30(37)21-11-13-22(14-12-21)33(2,3)4/h7-18,27-28H,1-6H3,(H,38,39)(H,40,41). The Morgan fingerprint density at radius 3 is 1.32 bits per heavy atom. The second-order valence-corrected chi connectivity index (χ2v) is 11.4. The quantitative estimate of drug-likeness (QED) is 0.265. The van der Waals surface area contributed by atoms with Crippen LogP contribution in [0.5, 0.6) is 0 Å². The third-order valence-corrected chi connectivity index (χ3v) is 7.62. The Bertz CT molecular complexity index is 1630. The topological polar surface area (TPSA) is 119 Å². The molecule has 0 amide bonds. The number of ketones is 2. The predicted molar refractivity (Wildman–Crippen MR) is 155 cm³/mol. The van der Waals surface area contributed by atoms with Gasteiger partial charge in [0.25, 0.3) is 0 Å². The van der Waals surface area contributed by atoms with Gasteiger partial charge >= 0.3 is 11.9 Å². The smallest absolute Gasteiger partial charge is 0.313 e. The van der Waals surface area contributed by atoms with E-state index < -0.39 is 23.8 Å². The number of rotatable bonds is 9. The molecule has 0 aliphatic carbocycles. The molecule has 0 fully saturated rings. The van der Waals surface area contributed by atoms with Crippen molar-refractivity contribution in [1.82, 2.24) is 9.13 Å². The van der Waals surface area contributed by atoms with Crippen LogP contribution in [0.1, 0.15) is 87.2 Å². The van der Waals surface area contributed by atoms with E-state index in [2.05, 4.69) is 20.8 Å². The van der Waals surface area contributed by atoms with E-state index >= 15 is 0 Å². The van der Waals surface area contributed by atoms with Crippen LogP contribution in [-0.4, -0.2) is 42.9 Å². The van der Waals surface area contributed by atoms with Crippen LogP contribution in [0.25, 0.3) is 0 Å². The number of hydrogen-bond acceptors (Lipinski definition) is 4. The number of hydrogen-bond donors (Lipinski definition) is 2. The lowest BCUT2D eigenvalue weighted by atomic mass is 9.86. The van der Waals surface area contributed by atoms with Gasteiger partial charge in [-0.15, -0.1) is 0 Å². The number of benzene rings is 2. The SMILES string of the molecule is Cc1ccc(C(=O)c2ccc(C(C(=O)O)C(C(=O)O)c3ccc(C(=O)c4ccc(C(C)(C)C)cc4)n3C)n2C)cc1. The van der Waals surface area contributed by atoms with Gasteiger partial charge in [0.2, 0.25) is 11.6 Å². The van der Waals surface area contributed by atoms with Crippen LogP contribution in [0.4, 0.5) is 0 Å². The molecule has 4 aromatic rings. The fourth-order valence-corrected chi connectivity index (χ4v) is 5.14. The van der Waals surface area contributed by atoms with E-state index in [0.29, 0.717) is 11.1 Å². The molecule has 0 saturated heterocycles. The minimum atomic E-state index is -1.53. The van der Waals surface area contributed by atoms with Crippen LogP contribution in [0.3, 0.4) is 0 Å². The highest BCUT2D eigenvalue weighted by molar-refractivity contribution is 6.09. The molecule has 2 unspecified atom stereocenters. The highest BCUT2D eigenvalue weighted by atomic mass is 16.4. The van der Waals surface area contributed by atoms with Gasteiger partial charge in [-0.3, -0.25) is 19.2 Å². The number of nitrogens with zero attached hydrogens (tertiary/aromatic N) is 2. The van der Waals surface area contributed by atoms with Crippen molar-refractivity contribution in [3.63, 3.8) is 0 Å². The van der Waals surface area contributed by atoms with Crippen molar-refractivity contribution in [3.8, 4) is 0 Å². The summed E-state index contributed by atoms with van der Waals surface area (Å²) in [5, 5.41) is 20.5. The van der Waals surface area contributed by atoms with Gasteiger partial charge in [-0.25, -0.2) is 0 Å². The summed E-state index contributed by atoms with van der Waals surface area (Å²) in [6.45, 7) is 8.13. The number of carbonyl (C=O) groups is 4. The van der Waals surface area contributed by atoms with E-state index in [1.807, 2.05) is 31.2 Å². The molecule has 0 aliphatic heterocycles. The zero-order chi connectivity index (χ0) is 30.2. The van der Waals surface area contributed by atoms with Crippen LogP contribution in [0.15, 0.2) is 72.8 Å². The molecule has 2 N–H and O–H groups in total. The van der Waals surface area contributed by atoms with E-state index in [9.17, 15) is 29.4 Å². The lowest BCUT2D eigenvalue weighted by molar-refractivity contribution is -0.147. The molecule has 2 atom stereocenters. The molecule has 41 heavy (non-hydrogen) atoms. The van der Waals surface area contributed by atoms with Crippen molar-refractivity contribution in [2.45, 2.75) is 44.9 Å². The molecule has 0 bridgehead atoms. The van der Waals surface area contributed by atoms with E-state index in [1.165, 1.54) is 33.4 Å². The summed E-state index contributed by atoms with van der Waals surface area (Å²) in [5.74, 6) is -6.39. The van der Waals surface area contributed by atoms with E-state index in [1.54, 1.807) is 38.4 Å². The maximum absolute atomic E-state index is 13.4. The zero-order valence-corrected chi connectivity index (χ0v) is 24.0. The summed E-state index contributed by atoms with van der Waals surface area (Å²) < 4.78 is 2.87. The average molecular weight is 555 g/mol. The second-order valence-electron chi connectivity index (χ2n) is 11.4. The summed E-state index contributed by atoms with van der Waals surface area (Å²) in [6.07, 6.45) is 0. The van der Waals surface area contributed by atoms with Crippen molar-refractivity contribution in [1.29, 1.82) is 0 Å². The minimum Gasteiger partial charge on any atom is -0.481 e. The molecule has 0 spiro atoms. The normalized spacial score (nSPS) is 13.0. The van der Waals surface area contributed by atoms with Gasteiger partial charge in [0.15, 0.2) is 0 Å². The molecule has 8 heteroatoms. The van der Waals surface area contributed by atoms with Gasteiger partial charge in [0, 0.05) is 36.6 Å². The first-order valence-electron chi connectivity index (χ1n) is 13.3. The molecule has 2 heterocycles. The third-order valence-electron chi connectivity index (χ3n) is 7.62. The highest BCUT2D eigenvalue weighted by Gasteiger charge is 2.40. The Labute approximate surface area is 238 Å². The molecule has 212 valence electrons. The summed E-state index contributed by atoms with van der Waals surface area (Å²) in [7, 11) is 3.10. The van der Waals surface area contributed by atoms with Crippen LogP contribution >= 0.6 is 0 Å². The van der Waals surface area contributed by atoms with Crippen LogP contribution in [0.2, 0.25) is 0 Å². The van der Waals surface area contributed by atoms with Gasteiger partial charge in [-0.1, -0.05) is 74.9 Å². The highest BCUT2D eigenvalue weighted by Crippen LogP contribution is 2.36. The predicted octanol–water partition coefficient (Wildman–Crippen LogP) is 5.47. The molecule has 2 aromatic carbocycles. The van der Waals surface area contributed by atoms with Gasteiger partial charge in [0.05, 0.1) is 11.4 Å². The van der Waals surface area contributed by atoms with E-state index in [4.69, 9.17) is 0 Å². The number of carbonyl (C=O) groups excluding carboxylic acids is 2. The summed E-state index contributed by atoms with van der Waals surface area (Å²) in [6, 6.07) is 20.2. The Morgan fingerprint density at radius 2 is 0.976 bits per heavy atom. The Kier molecular flexibility index (Phi) is 7.88. The fraction of sp³-hybridized carbons (Fsp3) is 0.273. The lowest BCUT2D eigenvalue weighted by Crippen LogP contribution is -2.30. The molecular weight excluding hydrogens is 520 g/mol. The number of aromatic nitrogens is 2. The first-order chi connectivity index (χ1) is 19.2. The van der Waals surface area contributed by atoms with Gasteiger partial charge in [0.1, 0.15) is 11.8 Å². The second kappa shape index (κ2) is 11.0. The zero-order valence-electron chi connectivity index (χ0n) is 24.0. The monoisotopic (exact) mass is 554 g/mol. The Hall–Kier alpha value is -4.72. The largest absolute Gasteiger partial charge is 0.481 e. The molecule has 0 radical (unpaired) electrons. The Morgan fingerprint density at radius 1 is 0.610 bits per heavy atom. The molecule has 4 rings (SSSR count). The van der Waals surface area contributed by atoms with Gasteiger partial charge in [-0.2, -0.15) is 0 Å². The molecule has 0 saturated carbocycles. The first kappa shape index (κ1) is 29.3. The van der Waals surface area contributed by atoms with Crippen LogP contribution in [-0.2, 0) is 29.1 Å².